The molecule has 0 heterocycles. The summed E-state index contributed by atoms with van der Waals surface area (Å²) in [5.74, 6) is -2.29. The molecular formula is C65H115NO8. The molecular weight excluding hydrogens is 923 g/mol. The molecule has 0 aliphatic rings. The van der Waals surface area contributed by atoms with Gasteiger partial charge < -0.3 is 33.3 Å². The molecule has 0 fully saturated rings. The second kappa shape index (κ2) is 55.9. The third-order valence-electron chi connectivity index (χ3n) is 13.2. The minimum absolute atomic E-state index is 0.145. The number of hydrogen-bond donors (Lipinski definition) is 0. The molecule has 428 valence electrons. The second-order valence-corrected chi connectivity index (χ2v) is 21.6. The predicted molar refractivity (Wildman–Crippen MR) is 311 cm³/mol. The number of unbranched alkanes of at least 4 members (excludes halogenated alkanes) is 29. The van der Waals surface area contributed by atoms with Crippen LogP contribution < -0.4 is 5.11 Å². The fraction of sp³-hybridized carbons (Fsp3) is 0.769. The summed E-state index contributed by atoms with van der Waals surface area (Å²) in [5.41, 5.74) is 0. The number of carboxylic acid groups (broad SMARTS) is 1. The normalized spacial score (nSPS) is 13.3. The zero-order valence-corrected chi connectivity index (χ0v) is 48.7. The third-order valence-corrected chi connectivity index (χ3v) is 13.2. The maximum absolute atomic E-state index is 12.9. The number of ether oxygens (including phenoxy) is 4. The van der Waals surface area contributed by atoms with Gasteiger partial charge in [0.2, 0.25) is 0 Å². The van der Waals surface area contributed by atoms with Crippen molar-refractivity contribution in [3.63, 3.8) is 0 Å². The van der Waals surface area contributed by atoms with Crippen molar-refractivity contribution in [2.45, 2.75) is 277 Å². The van der Waals surface area contributed by atoms with Crippen LogP contribution in [0.4, 0.5) is 0 Å². The van der Waals surface area contributed by atoms with Crippen molar-refractivity contribution >= 4 is 17.9 Å². The van der Waals surface area contributed by atoms with E-state index >= 15 is 0 Å². The molecule has 0 rings (SSSR count). The Kier molecular flexibility index (Phi) is 53.5. The summed E-state index contributed by atoms with van der Waals surface area (Å²) in [5, 5.41) is 11.8. The SMILES string of the molecule is CC/C=C\C/C=C\C/C=C\C/C=C\CCCCCCCCCCCCCCCCCCCCCCCCC(=O)OC(COC(=O)CCCCCCC/C=C\C/C=C\CCCC)COC(OCC[N+](C)(C)C)C(=O)[O-]. The van der Waals surface area contributed by atoms with E-state index in [0.717, 1.165) is 89.9 Å². The lowest BCUT2D eigenvalue weighted by Crippen LogP contribution is -2.44. The van der Waals surface area contributed by atoms with Gasteiger partial charge in [-0.25, -0.2) is 0 Å². The first-order chi connectivity index (χ1) is 36.1. The summed E-state index contributed by atoms with van der Waals surface area (Å²) < 4.78 is 22.7. The fourth-order valence-electron chi connectivity index (χ4n) is 8.49. The Balaban J connectivity index is 4.04. The van der Waals surface area contributed by atoms with E-state index in [-0.39, 0.29) is 38.6 Å². The molecule has 0 amide bonds. The number of hydrogen-bond acceptors (Lipinski definition) is 8. The van der Waals surface area contributed by atoms with Gasteiger partial charge in [-0.05, 0) is 77.0 Å². The first kappa shape index (κ1) is 70.7. The number of rotatable bonds is 56. The Hall–Kier alpha value is -3.27. The number of aliphatic carboxylic acids is 1. The number of allylic oxidation sites excluding steroid dienone is 12. The molecule has 0 saturated heterocycles. The molecule has 0 aliphatic heterocycles. The number of carbonyl (C=O) groups excluding carboxylic acids is 3. The smallest absolute Gasteiger partial charge is 0.306 e. The molecule has 9 heteroatoms. The van der Waals surface area contributed by atoms with E-state index in [1.54, 1.807) is 0 Å². The van der Waals surface area contributed by atoms with Crippen LogP contribution in [0.15, 0.2) is 72.9 Å². The van der Waals surface area contributed by atoms with Gasteiger partial charge in [-0.1, -0.05) is 247 Å². The second-order valence-electron chi connectivity index (χ2n) is 21.6. The van der Waals surface area contributed by atoms with Crippen LogP contribution in [-0.4, -0.2) is 82.3 Å². The number of likely N-dealkylation sites (N-methyl/N-ethyl adjacent to an activating group) is 1. The van der Waals surface area contributed by atoms with E-state index in [2.05, 4.69) is 86.8 Å². The number of nitrogens with zero attached hydrogens (tertiary/aromatic N) is 1. The van der Waals surface area contributed by atoms with E-state index in [4.69, 9.17) is 18.9 Å². The van der Waals surface area contributed by atoms with Crippen LogP contribution in [0.3, 0.4) is 0 Å². The molecule has 0 radical (unpaired) electrons. The minimum Gasteiger partial charge on any atom is -0.545 e. The quantitative estimate of drug-likeness (QED) is 0.0195. The molecule has 9 nitrogen and oxygen atoms in total. The first-order valence-electron chi connectivity index (χ1n) is 30.6. The molecule has 0 aromatic carbocycles. The molecule has 2 atom stereocenters. The monoisotopic (exact) mass is 1040 g/mol. The van der Waals surface area contributed by atoms with Crippen molar-refractivity contribution in [1.82, 2.24) is 0 Å². The summed E-state index contributed by atoms with van der Waals surface area (Å²) in [6.07, 6.45) is 69.8. The van der Waals surface area contributed by atoms with Crippen molar-refractivity contribution in [3.05, 3.63) is 72.9 Å². The van der Waals surface area contributed by atoms with Crippen LogP contribution in [0.5, 0.6) is 0 Å². The number of carbonyl (C=O) groups is 3. The summed E-state index contributed by atoms with van der Waals surface area (Å²) in [6, 6.07) is 0. The third kappa shape index (κ3) is 56.5. The van der Waals surface area contributed by atoms with Crippen LogP contribution in [0, 0.1) is 0 Å². The summed E-state index contributed by atoms with van der Waals surface area (Å²) in [4.78, 5) is 37.2. The first-order valence-corrected chi connectivity index (χ1v) is 30.6. The van der Waals surface area contributed by atoms with Gasteiger partial charge in [-0.3, -0.25) is 9.59 Å². The van der Waals surface area contributed by atoms with Crippen LogP contribution in [0.1, 0.15) is 264 Å². The maximum atomic E-state index is 12.9. The van der Waals surface area contributed by atoms with Crippen molar-refractivity contribution in [2.24, 2.45) is 0 Å². The lowest BCUT2D eigenvalue weighted by molar-refractivity contribution is -0.870. The molecule has 74 heavy (non-hydrogen) atoms. The maximum Gasteiger partial charge on any atom is 0.306 e. The highest BCUT2D eigenvalue weighted by atomic mass is 16.7. The highest BCUT2D eigenvalue weighted by Gasteiger charge is 2.22. The van der Waals surface area contributed by atoms with Crippen LogP contribution in [-0.2, 0) is 33.3 Å². The van der Waals surface area contributed by atoms with Crippen molar-refractivity contribution in [1.29, 1.82) is 0 Å². The number of carboxylic acids is 1. The zero-order chi connectivity index (χ0) is 54.1. The van der Waals surface area contributed by atoms with Gasteiger partial charge in [0.1, 0.15) is 13.2 Å². The lowest BCUT2D eigenvalue weighted by atomic mass is 10.0. The molecule has 0 aromatic heterocycles. The van der Waals surface area contributed by atoms with E-state index < -0.39 is 24.3 Å². The summed E-state index contributed by atoms with van der Waals surface area (Å²) in [7, 11) is 5.92. The molecule has 0 saturated carbocycles. The Morgan fingerprint density at radius 3 is 1.15 bits per heavy atom. The van der Waals surface area contributed by atoms with Crippen molar-refractivity contribution in [2.75, 3.05) is 47.5 Å². The van der Waals surface area contributed by atoms with E-state index in [1.807, 2.05) is 21.1 Å². The standard InChI is InChI=1S/C65H115NO8/c1-6-8-10-12-14-16-18-20-22-23-24-25-26-27-28-29-30-31-32-33-34-35-36-37-38-39-40-41-42-44-46-48-50-52-54-56-63(68)74-61(60-73-65(64(69)70)71-58-57-66(3,4)5)59-72-62(67)55-53-51-49-47-45-43-21-19-17-15-13-11-9-7-2/h8,10,13-16,19-22,24-25,61,65H,6-7,9,11-12,17-18,23,26-60H2,1-5H3/b10-8-,15-13-,16-14-,21-19-,22-20-,25-24-. The Morgan fingerprint density at radius 2 is 0.770 bits per heavy atom. The summed E-state index contributed by atoms with van der Waals surface area (Å²) >= 11 is 0. The molecule has 0 aromatic rings. The van der Waals surface area contributed by atoms with Crippen molar-refractivity contribution in [3.8, 4) is 0 Å². The van der Waals surface area contributed by atoms with Gasteiger partial charge in [0, 0.05) is 12.8 Å². The van der Waals surface area contributed by atoms with Gasteiger partial charge in [-0.2, -0.15) is 0 Å². The topological polar surface area (TPSA) is 111 Å². The zero-order valence-electron chi connectivity index (χ0n) is 48.7. The Morgan fingerprint density at radius 1 is 0.419 bits per heavy atom. The fourth-order valence-corrected chi connectivity index (χ4v) is 8.49. The Labute approximate surface area is 456 Å². The summed E-state index contributed by atoms with van der Waals surface area (Å²) in [6.45, 7) is 4.59. The van der Waals surface area contributed by atoms with E-state index in [1.165, 1.54) is 141 Å². The largest absolute Gasteiger partial charge is 0.545 e. The lowest BCUT2D eigenvalue weighted by Gasteiger charge is -2.26. The van der Waals surface area contributed by atoms with Gasteiger partial charge in [0.05, 0.1) is 40.3 Å². The van der Waals surface area contributed by atoms with Crippen LogP contribution >= 0.6 is 0 Å². The van der Waals surface area contributed by atoms with E-state index in [0.29, 0.717) is 17.4 Å². The van der Waals surface area contributed by atoms with Crippen molar-refractivity contribution < 1.29 is 42.9 Å². The predicted octanol–water partition coefficient (Wildman–Crippen LogP) is 16.8. The van der Waals surface area contributed by atoms with E-state index in [9.17, 15) is 19.5 Å². The van der Waals surface area contributed by atoms with Gasteiger partial charge in [0.15, 0.2) is 12.4 Å². The number of quaternary nitrogens is 1. The van der Waals surface area contributed by atoms with Gasteiger partial charge >= 0.3 is 11.9 Å². The highest BCUT2D eigenvalue weighted by Crippen LogP contribution is 2.17. The van der Waals surface area contributed by atoms with Gasteiger partial charge in [0.25, 0.3) is 0 Å². The molecule has 2 unspecified atom stereocenters. The van der Waals surface area contributed by atoms with Gasteiger partial charge in [-0.15, -0.1) is 0 Å². The average Bonchev–Trinajstić information content (AvgIpc) is 3.37. The average molecular weight is 1040 g/mol. The molecule has 0 aliphatic carbocycles. The van der Waals surface area contributed by atoms with Crippen LogP contribution in [0.2, 0.25) is 0 Å². The minimum atomic E-state index is -1.62. The molecule has 0 bridgehead atoms. The highest BCUT2D eigenvalue weighted by molar-refractivity contribution is 5.70. The molecule has 0 spiro atoms. The number of esters is 2. The Bertz CT molecular complexity index is 1440. The van der Waals surface area contributed by atoms with Crippen LogP contribution in [0.25, 0.3) is 0 Å². The molecule has 0 N–H and O–H groups in total.